The molecule has 0 atom stereocenters. The van der Waals surface area contributed by atoms with Gasteiger partial charge in [-0.2, -0.15) is 13.2 Å². The van der Waals surface area contributed by atoms with Gasteiger partial charge in [0, 0.05) is 24.2 Å². The Balaban J connectivity index is 1.88. The van der Waals surface area contributed by atoms with Crippen LogP contribution in [0, 0.1) is 18.6 Å². The van der Waals surface area contributed by atoms with Gasteiger partial charge in [0.25, 0.3) is 5.91 Å². The predicted octanol–water partition coefficient (Wildman–Crippen LogP) is 4.49. The van der Waals surface area contributed by atoms with Crippen LogP contribution in [-0.4, -0.2) is 21.8 Å². The van der Waals surface area contributed by atoms with E-state index in [1.54, 1.807) is 0 Å². The lowest BCUT2D eigenvalue weighted by Crippen LogP contribution is -2.33. The lowest BCUT2D eigenvalue weighted by Gasteiger charge is -2.24. The molecule has 0 N–H and O–H groups in total. The number of carbonyl (C=O) groups excluding carboxylic acids is 1. The van der Waals surface area contributed by atoms with Crippen LogP contribution < -0.4 is 0 Å². The lowest BCUT2D eigenvalue weighted by atomic mass is 10.1. The standard InChI is InChI=1S/C18H15F5N2O/c1-10-14(6-7-16(24-10)18(21,22)23)17(26)25(13-4-5-13)9-11-2-3-12(19)8-15(11)20/h2-3,6-8,13H,4-5,9H2,1H3. The summed E-state index contributed by atoms with van der Waals surface area (Å²) < 4.78 is 65.1. The summed E-state index contributed by atoms with van der Waals surface area (Å²) in [5, 5.41) is 0. The Bertz CT molecular complexity index is 846. The number of nitrogens with zero attached hydrogens (tertiary/aromatic N) is 2. The Labute approximate surface area is 146 Å². The second-order valence-corrected chi connectivity index (χ2v) is 6.23. The van der Waals surface area contributed by atoms with Crippen LogP contribution in [0.3, 0.4) is 0 Å². The first-order chi connectivity index (χ1) is 12.2. The third-order valence-corrected chi connectivity index (χ3v) is 4.21. The highest BCUT2D eigenvalue weighted by atomic mass is 19.4. The summed E-state index contributed by atoms with van der Waals surface area (Å²) in [7, 11) is 0. The van der Waals surface area contributed by atoms with E-state index >= 15 is 0 Å². The highest BCUT2D eigenvalue weighted by molar-refractivity contribution is 5.95. The van der Waals surface area contributed by atoms with Crippen molar-refractivity contribution in [3.63, 3.8) is 0 Å². The summed E-state index contributed by atoms with van der Waals surface area (Å²) in [5.74, 6) is -2.01. The van der Waals surface area contributed by atoms with Gasteiger partial charge < -0.3 is 4.90 Å². The molecule has 3 nitrogen and oxygen atoms in total. The molecule has 1 aromatic heterocycles. The van der Waals surface area contributed by atoms with Gasteiger partial charge in [-0.15, -0.1) is 0 Å². The maximum atomic E-state index is 13.9. The van der Waals surface area contributed by atoms with E-state index in [0.717, 1.165) is 37.1 Å². The van der Waals surface area contributed by atoms with E-state index < -0.39 is 29.4 Å². The van der Waals surface area contributed by atoms with Crippen molar-refractivity contribution in [2.45, 2.75) is 38.5 Å². The van der Waals surface area contributed by atoms with Crippen molar-refractivity contribution in [3.05, 3.63) is 64.5 Å². The Morgan fingerprint density at radius 3 is 2.42 bits per heavy atom. The number of halogens is 5. The molecular weight excluding hydrogens is 355 g/mol. The fourth-order valence-corrected chi connectivity index (χ4v) is 2.69. The highest BCUT2D eigenvalue weighted by Crippen LogP contribution is 2.32. The molecule has 3 rings (SSSR count). The molecule has 138 valence electrons. The van der Waals surface area contributed by atoms with E-state index in [1.165, 1.54) is 17.9 Å². The first-order valence-corrected chi connectivity index (χ1v) is 7.96. The van der Waals surface area contributed by atoms with Crippen LogP contribution in [0.2, 0.25) is 0 Å². The topological polar surface area (TPSA) is 33.2 Å². The Morgan fingerprint density at radius 1 is 1.19 bits per heavy atom. The number of hydrogen-bond donors (Lipinski definition) is 0. The lowest BCUT2D eigenvalue weighted by molar-refractivity contribution is -0.141. The molecule has 0 unspecified atom stereocenters. The first kappa shape index (κ1) is 18.3. The number of amides is 1. The number of aromatic nitrogens is 1. The number of rotatable bonds is 4. The van der Waals surface area contributed by atoms with Gasteiger partial charge in [-0.1, -0.05) is 6.07 Å². The van der Waals surface area contributed by atoms with E-state index in [9.17, 15) is 26.7 Å². The monoisotopic (exact) mass is 370 g/mol. The van der Waals surface area contributed by atoms with E-state index in [1.807, 2.05) is 0 Å². The summed E-state index contributed by atoms with van der Waals surface area (Å²) >= 11 is 0. The van der Waals surface area contributed by atoms with Crippen molar-refractivity contribution >= 4 is 5.91 Å². The Kier molecular flexibility index (Phi) is 4.68. The SMILES string of the molecule is Cc1nc(C(F)(F)F)ccc1C(=O)N(Cc1ccc(F)cc1F)C1CC1. The van der Waals surface area contributed by atoms with Crippen molar-refractivity contribution in [1.29, 1.82) is 0 Å². The highest BCUT2D eigenvalue weighted by Gasteiger charge is 2.36. The zero-order valence-electron chi connectivity index (χ0n) is 13.8. The van der Waals surface area contributed by atoms with Crippen LogP contribution in [0.4, 0.5) is 22.0 Å². The molecule has 0 spiro atoms. The van der Waals surface area contributed by atoms with Gasteiger partial charge >= 0.3 is 6.18 Å². The van der Waals surface area contributed by atoms with Crippen LogP contribution in [0.25, 0.3) is 0 Å². The van der Waals surface area contributed by atoms with Gasteiger partial charge in [-0.05, 0) is 38.0 Å². The van der Waals surface area contributed by atoms with Crippen molar-refractivity contribution < 1.29 is 26.7 Å². The van der Waals surface area contributed by atoms with Crippen LogP contribution in [-0.2, 0) is 12.7 Å². The minimum absolute atomic E-state index is 0.0346. The second kappa shape index (κ2) is 6.66. The van der Waals surface area contributed by atoms with Gasteiger partial charge in [0.05, 0.1) is 11.3 Å². The molecule has 0 saturated heterocycles. The van der Waals surface area contributed by atoms with Crippen LogP contribution in [0.15, 0.2) is 30.3 Å². The van der Waals surface area contributed by atoms with Crippen molar-refractivity contribution in [1.82, 2.24) is 9.88 Å². The van der Waals surface area contributed by atoms with Gasteiger partial charge in [-0.3, -0.25) is 4.79 Å². The molecule has 1 fully saturated rings. The molecule has 2 aromatic rings. The smallest absolute Gasteiger partial charge is 0.331 e. The molecule has 1 saturated carbocycles. The fourth-order valence-electron chi connectivity index (χ4n) is 2.69. The Morgan fingerprint density at radius 2 is 1.88 bits per heavy atom. The molecular formula is C18H15F5N2O. The molecule has 0 bridgehead atoms. The maximum Gasteiger partial charge on any atom is 0.433 e. The minimum atomic E-state index is -4.60. The second-order valence-electron chi connectivity index (χ2n) is 6.23. The molecule has 1 aliphatic carbocycles. The number of aryl methyl sites for hydroxylation is 1. The summed E-state index contributed by atoms with van der Waals surface area (Å²) in [6.45, 7) is 1.24. The van der Waals surface area contributed by atoms with Gasteiger partial charge in [0.1, 0.15) is 17.3 Å². The van der Waals surface area contributed by atoms with E-state index in [-0.39, 0.29) is 29.4 Å². The first-order valence-electron chi connectivity index (χ1n) is 7.96. The maximum absolute atomic E-state index is 13.9. The molecule has 1 amide bonds. The third kappa shape index (κ3) is 3.84. The average molecular weight is 370 g/mol. The normalized spacial score (nSPS) is 14.4. The van der Waals surface area contributed by atoms with Crippen molar-refractivity contribution in [2.75, 3.05) is 0 Å². The van der Waals surface area contributed by atoms with Gasteiger partial charge in [-0.25, -0.2) is 13.8 Å². The molecule has 0 radical (unpaired) electrons. The summed E-state index contributed by atoms with van der Waals surface area (Å²) in [4.78, 5) is 17.7. The number of alkyl halides is 3. The predicted molar refractivity (Wildman–Crippen MR) is 83.2 cm³/mol. The Hall–Kier alpha value is -2.51. The van der Waals surface area contributed by atoms with Gasteiger partial charge in [0.2, 0.25) is 0 Å². The van der Waals surface area contributed by atoms with Crippen LogP contribution in [0.5, 0.6) is 0 Å². The zero-order chi connectivity index (χ0) is 19.1. The van der Waals surface area contributed by atoms with E-state index in [0.29, 0.717) is 0 Å². The molecule has 26 heavy (non-hydrogen) atoms. The summed E-state index contributed by atoms with van der Waals surface area (Å²) in [5.41, 5.74) is -0.944. The van der Waals surface area contributed by atoms with E-state index in [4.69, 9.17) is 0 Å². The summed E-state index contributed by atoms with van der Waals surface area (Å²) in [6.07, 6.45) is -3.15. The summed E-state index contributed by atoms with van der Waals surface area (Å²) in [6, 6.07) is 4.81. The molecule has 8 heteroatoms. The molecule has 0 aliphatic heterocycles. The van der Waals surface area contributed by atoms with Crippen LogP contribution >= 0.6 is 0 Å². The number of carbonyl (C=O) groups is 1. The fraction of sp³-hybridized carbons (Fsp3) is 0.333. The largest absolute Gasteiger partial charge is 0.433 e. The molecule has 1 aromatic carbocycles. The average Bonchev–Trinajstić information content (AvgIpc) is 3.37. The molecule has 1 aliphatic rings. The van der Waals surface area contributed by atoms with Crippen molar-refractivity contribution in [2.24, 2.45) is 0 Å². The van der Waals surface area contributed by atoms with Gasteiger partial charge in [0.15, 0.2) is 0 Å². The third-order valence-electron chi connectivity index (χ3n) is 4.21. The van der Waals surface area contributed by atoms with Crippen LogP contribution in [0.1, 0.15) is 40.2 Å². The molecule has 1 heterocycles. The minimum Gasteiger partial charge on any atom is -0.331 e. The number of pyridine rings is 1. The number of benzene rings is 1. The number of hydrogen-bond acceptors (Lipinski definition) is 2. The quantitative estimate of drug-likeness (QED) is 0.743. The van der Waals surface area contributed by atoms with Crippen molar-refractivity contribution in [3.8, 4) is 0 Å². The zero-order valence-corrected chi connectivity index (χ0v) is 13.8. The van der Waals surface area contributed by atoms with E-state index in [2.05, 4.69) is 4.98 Å².